The zero-order chi connectivity index (χ0) is 23.9. The molecule has 5 nitrogen and oxygen atoms in total. The lowest BCUT2D eigenvalue weighted by atomic mass is 10.0. The number of anilines is 2. The van der Waals surface area contributed by atoms with Crippen molar-refractivity contribution < 1.29 is 14.3 Å². The van der Waals surface area contributed by atoms with E-state index in [2.05, 4.69) is 10.6 Å². The Bertz CT molecular complexity index is 1290. The Labute approximate surface area is 204 Å². The average Bonchev–Trinajstić information content (AvgIpc) is 2.86. The Balaban J connectivity index is 1.48. The van der Waals surface area contributed by atoms with Gasteiger partial charge < -0.3 is 20.1 Å². The summed E-state index contributed by atoms with van der Waals surface area (Å²) >= 11 is 6.21. The lowest BCUT2D eigenvalue weighted by Crippen LogP contribution is -2.20. The van der Waals surface area contributed by atoms with Gasteiger partial charge in [-0.05, 0) is 48.9 Å². The lowest BCUT2D eigenvalue weighted by Gasteiger charge is -2.16. The van der Waals surface area contributed by atoms with E-state index in [0.29, 0.717) is 28.8 Å². The van der Waals surface area contributed by atoms with Gasteiger partial charge in [0, 0.05) is 27.4 Å². The van der Waals surface area contributed by atoms with Gasteiger partial charge in [0.1, 0.15) is 18.1 Å². The molecule has 2 amide bonds. The Kier molecular flexibility index (Phi) is 7.35. The molecule has 34 heavy (non-hydrogen) atoms. The number of hydrogen-bond acceptors (Lipinski definition) is 3. The minimum Gasteiger partial charge on any atom is -0.496 e. The number of carbonyl (C=O) groups is 1. The summed E-state index contributed by atoms with van der Waals surface area (Å²) in [6, 6.07) is 28.1. The van der Waals surface area contributed by atoms with Crippen molar-refractivity contribution in [3.05, 3.63) is 107 Å². The van der Waals surface area contributed by atoms with E-state index in [1.807, 2.05) is 85.8 Å². The number of halogens is 1. The van der Waals surface area contributed by atoms with E-state index >= 15 is 0 Å². The predicted octanol–water partition coefficient (Wildman–Crippen LogP) is 7.55. The van der Waals surface area contributed by atoms with Crippen molar-refractivity contribution in [3.8, 4) is 22.6 Å². The highest BCUT2D eigenvalue weighted by Gasteiger charge is 2.13. The molecular formula is C28H25ClN2O3. The summed E-state index contributed by atoms with van der Waals surface area (Å²) in [6.45, 7) is 2.26. The minimum atomic E-state index is -0.357. The summed E-state index contributed by atoms with van der Waals surface area (Å²) in [5.41, 5.74) is 4.89. The van der Waals surface area contributed by atoms with Gasteiger partial charge in [0.2, 0.25) is 0 Å². The molecule has 4 aromatic carbocycles. The summed E-state index contributed by atoms with van der Waals surface area (Å²) in [4.78, 5) is 12.9. The summed E-state index contributed by atoms with van der Waals surface area (Å²) in [5.74, 6) is 1.45. The number of amides is 2. The van der Waals surface area contributed by atoms with Crippen LogP contribution in [0, 0.1) is 6.92 Å². The highest BCUT2D eigenvalue weighted by molar-refractivity contribution is 6.31. The molecule has 2 N–H and O–H groups in total. The number of benzene rings is 4. The van der Waals surface area contributed by atoms with Gasteiger partial charge in [0.05, 0.1) is 12.8 Å². The Morgan fingerprint density at radius 2 is 1.53 bits per heavy atom. The highest BCUT2D eigenvalue weighted by atomic mass is 35.5. The maximum Gasteiger partial charge on any atom is 0.323 e. The van der Waals surface area contributed by atoms with Crippen molar-refractivity contribution in [3.63, 3.8) is 0 Å². The van der Waals surface area contributed by atoms with Crippen LogP contribution < -0.4 is 20.1 Å². The third-order valence-electron chi connectivity index (χ3n) is 5.42. The summed E-state index contributed by atoms with van der Waals surface area (Å²) in [7, 11) is 1.64. The van der Waals surface area contributed by atoms with Gasteiger partial charge in [-0.15, -0.1) is 0 Å². The zero-order valence-electron chi connectivity index (χ0n) is 19.0. The fourth-order valence-corrected chi connectivity index (χ4v) is 3.81. The second-order valence-corrected chi connectivity index (χ2v) is 8.10. The predicted molar refractivity (Wildman–Crippen MR) is 138 cm³/mol. The quantitative estimate of drug-likeness (QED) is 0.292. The van der Waals surface area contributed by atoms with Crippen LogP contribution in [0.4, 0.5) is 16.2 Å². The first-order valence-corrected chi connectivity index (χ1v) is 11.2. The molecule has 0 fully saturated rings. The third-order valence-corrected chi connectivity index (χ3v) is 5.66. The maximum atomic E-state index is 12.9. The van der Waals surface area contributed by atoms with E-state index in [4.69, 9.17) is 21.1 Å². The molecule has 0 heterocycles. The monoisotopic (exact) mass is 472 g/mol. The van der Waals surface area contributed by atoms with Crippen LogP contribution in [0.3, 0.4) is 0 Å². The van der Waals surface area contributed by atoms with Crippen molar-refractivity contribution in [1.82, 2.24) is 0 Å². The first-order valence-electron chi connectivity index (χ1n) is 10.8. The van der Waals surface area contributed by atoms with Gasteiger partial charge in [-0.25, -0.2) is 4.79 Å². The molecule has 0 unspecified atom stereocenters. The third kappa shape index (κ3) is 5.50. The SMILES string of the molecule is COc1ccccc1COc1cccc(NC(=O)Nc2ccc(Cl)cc2-c2ccccc2)c1C. The van der Waals surface area contributed by atoms with Gasteiger partial charge in [-0.2, -0.15) is 0 Å². The van der Waals surface area contributed by atoms with E-state index in [-0.39, 0.29) is 6.03 Å². The topological polar surface area (TPSA) is 59.6 Å². The van der Waals surface area contributed by atoms with Gasteiger partial charge in [-0.3, -0.25) is 0 Å². The molecule has 172 valence electrons. The number of para-hydroxylation sites is 1. The summed E-state index contributed by atoms with van der Waals surface area (Å²) < 4.78 is 11.4. The van der Waals surface area contributed by atoms with Crippen molar-refractivity contribution in [2.75, 3.05) is 17.7 Å². The summed E-state index contributed by atoms with van der Waals surface area (Å²) in [6.07, 6.45) is 0. The molecule has 0 atom stereocenters. The van der Waals surface area contributed by atoms with Crippen LogP contribution in [-0.2, 0) is 6.61 Å². The number of carbonyl (C=O) groups excluding carboxylic acids is 1. The van der Waals surface area contributed by atoms with Gasteiger partial charge >= 0.3 is 6.03 Å². The van der Waals surface area contributed by atoms with E-state index in [1.165, 1.54) is 0 Å². The van der Waals surface area contributed by atoms with Crippen molar-refractivity contribution >= 4 is 29.0 Å². The molecule has 0 radical (unpaired) electrons. The van der Waals surface area contributed by atoms with Crippen LogP contribution in [0.5, 0.6) is 11.5 Å². The number of rotatable bonds is 7. The Hall–Kier alpha value is -3.96. The number of methoxy groups -OCH3 is 1. The van der Waals surface area contributed by atoms with Crippen LogP contribution in [0.25, 0.3) is 11.1 Å². The van der Waals surface area contributed by atoms with Crippen molar-refractivity contribution in [2.24, 2.45) is 0 Å². The largest absolute Gasteiger partial charge is 0.496 e. The second kappa shape index (κ2) is 10.8. The molecule has 0 aromatic heterocycles. The molecule has 4 rings (SSSR count). The van der Waals surface area contributed by atoms with Gasteiger partial charge in [0.25, 0.3) is 0 Å². The molecule has 0 saturated carbocycles. The smallest absolute Gasteiger partial charge is 0.323 e. The van der Waals surface area contributed by atoms with E-state index in [9.17, 15) is 4.79 Å². The molecular weight excluding hydrogens is 448 g/mol. The van der Waals surface area contributed by atoms with E-state index in [1.54, 1.807) is 19.2 Å². The molecule has 0 aliphatic heterocycles. The first kappa shape index (κ1) is 23.2. The molecule has 0 spiro atoms. The van der Waals surface area contributed by atoms with Crippen LogP contribution in [0.15, 0.2) is 91.0 Å². The van der Waals surface area contributed by atoms with Gasteiger partial charge in [0.15, 0.2) is 0 Å². The normalized spacial score (nSPS) is 10.4. The maximum absolute atomic E-state index is 12.9. The number of urea groups is 1. The van der Waals surface area contributed by atoms with Gasteiger partial charge in [-0.1, -0.05) is 66.2 Å². The van der Waals surface area contributed by atoms with Crippen LogP contribution in [0.1, 0.15) is 11.1 Å². The Morgan fingerprint density at radius 3 is 2.32 bits per heavy atom. The number of ether oxygens (including phenoxy) is 2. The number of nitrogens with one attached hydrogen (secondary N) is 2. The van der Waals surface area contributed by atoms with Crippen molar-refractivity contribution in [1.29, 1.82) is 0 Å². The second-order valence-electron chi connectivity index (χ2n) is 7.66. The zero-order valence-corrected chi connectivity index (χ0v) is 19.7. The standard InChI is InChI=1S/C28H25ClN2O3/c1-19-24(12-8-14-26(19)34-18-21-11-6-7-13-27(21)33-2)30-28(32)31-25-16-15-22(29)17-23(25)20-9-4-3-5-10-20/h3-17H,18H2,1-2H3,(H2,30,31,32). The fourth-order valence-electron chi connectivity index (χ4n) is 3.64. The van der Waals surface area contributed by atoms with Crippen LogP contribution in [-0.4, -0.2) is 13.1 Å². The van der Waals surface area contributed by atoms with Crippen molar-refractivity contribution in [2.45, 2.75) is 13.5 Å². The minimum absolute atomic E-state index is 0.353. The molecule has 4 aromatic rings. The van der Waals surface area contributed by atoms with Crippen LogP contribution in [0.2, 0.25) is 5.02 Å². The summed E-state index contributed by atoms with van der Waals surface area (Å²) in [5, 5.41) is 6.46. The first-order chi connectivity index (χ1) is 16.5. The average molecular weight is 473 g/mol. The molecule has 6 heteroatoms. The molecule has 0 bridgehead atoms. The molecule has 0 aliphatic carbocycles. The number of hydrogen-bond donors (Lipinski definition) is 2. The highest BCUT2D eigenvalue weighted by Crippen LogP contribution is 2.32. The fraction of sp³-hybridized carbons (Fsp3) is 0.107. The molecule has 0 aliphatic rings. The van der Waals surface area contributed by atoms with Crippen LogP contribution >= 0.6 is 11.6 Å². The molecule has 0 saturated heterocycles. The Morgan fingerprint density at radius 1 is 0.824 bits per heavy atom. The van der Waals surface area contributed by atoms with E-state index in [0.717, 1.165) is 28.0 Å². The van der Waals surface area contributed by atoms with E-state index < -0.39 is 0 Å². The lowest BCUT2D eigenvalue weighted by molar-refractivity contribution is 0.262.